The molecule has 0 unspecified atom stereocenters. The van der Waals surface area contributed by atoms with Crippen LogP contribution in [-0.4, -0.2) is 20.2 Å². The van der Waals surface area contributed by atoms with E-state index < -0.39 is 0 Å². The Morgan fingerprint density at radius 1 is 0.879 bits per heavy atom. The number of para-hydroxylation sites is 1. The summed E-state index contributed by atoms with van der Waals surface area (Å²) in [5.41, 5.74) is 3.97. The van der Waals surface area contributed by atoms with Crippen molar-refractivity contribution in [1.82, 2.24) is 0 Å². The highest BCUT2D eigenvalue weighted by atomic mass is 35.5. The average Bonchev–Trinajstić information content (AvgIpc) is 2.84. The monoisotopic (exact) mass is 504 g/mol. The quantitative estimate of drug-likeness (QED) is 0.338. The molecule has 4 nitrogen and oxygen atoms in total. The third-order valence-electron chi connectivity index (χ3n) is 5.77. The number of rotatable bonds is 8. The van der Waals surface area contributed by atoms with Crippen molar-refractivity contribution in [1.29, 1.82) is 0 Å². The lowest BCUT2D eigenvalue weighted by atomic mass is 10.1. The predicted molar refractivity (Wildman–Crippen MR) is 139 cm³/mol. The maximum absolute atomic E-state index is 6.62. The number of methoxy groups -OCH3 is 1. The van der Waals surface area contributed by atoms with Crippen LogP contribution in [0.3, 0.4) is 0 Å². The standard InChI is InChI=1S/C26H27Cl3N2O2/c1-32-25-7-5-6-19(26(25)33-17-18-8-10-21(27)22(28)14-18)16-30-20-9-11-24(23(29)15-20)31-12-3-2-4-13-31/h5-11,14-15,30H,2-4,12-13,16-17H2,1H3. The highest BCUT2D eigenvalue weighted by molar-refractivity contribution is 6.42. The van der Waals surface area contributed by atoms with Crippen LogP contribution in [0, 0.1) is 0 Å². The Labute approximate surface area is 210 Å². The van der Waals surface area contributed by atoms with Gasteiger partial charge in [-0.25, -0.2) is 0 Å². The van der Waals surface area contributed by atoms with E-state index in [0.717, 1.165) is 40.6 Å². The Bertz CT molecular complexity index is 1100. The number of benzene rings is 3. The molecular formula is C26H27Cl3N2O2. The molecule has 7 heteroatoms. The van der Waals surface area contributed by atoms with Gasteiger partial charge in [-0.05, 0) is 61.2 Å². The molecule has 4 rings (SSSR count). The zero-order valence-electron chi connectivity index (χ0n) is 18.5. The van der Waals surface area contributed by atoms with Gasteiger partial charge in [-0.3, -0.25) is 0 Å². The number of anilines is 2. The van der Waals surface area contributed by atoms with E-state index in [4.69, 9.17) is 44.3 Å². The Morgan fingerprint density at radius 3 is 2.42 bits per heavy atom. The van der Waals surface area contributed by atoms with Gasteiger partial charge in [0.15, 0.2) is 11.5 Å². The van der Waals surface area contributed by atoms with Gasteiger partial charge in [0.25, 0.3) is 0 Å². The molecule has 0 atom stereocenters. The van der Waals surface area contributed by atoms with Gasteiger partial charge in [0.2, 0.25) is 0 Å². The van der Waals surface area contributed by atoms with Gasteiger partial charge < -0.3 is 19.7 Å². The molecule has 33 heavy (non-hydrogen) atoms. The first-order valence-corrected chi connectivity index (χ1v) is 12.2. The van der Waals surface area contributed by atoms with Crippen LogP contribution < -0.4 is 19.7 Å². The first-order valence-electron chi connectivity index (χ1n) is 11.1. The molecular weight excluding hydrogens is 479 g/mol. The SMILES string of the molecule is COc1cccc(CNc2ccc(N3CCCCC3)c(Cl)c2)c1OCc1ccc(Cl)c(Cl)c1. The molecule has 1 heterocycles. The highest BCUT2D eigenvalue weighted by Crippen LogP contribution is 2.34. The van der Waals surface area contributed by atoms with E-state index in [1.165, 1.54) is 19.3 Å². The normalized spacial score (nSPS) is 13.6. The molecule has 0 radical (unpaired) electrons. The van der Waals surface area contributed by atoms with Gasteiger partial charge in [-0.1, -0.05) is 53.0 Å². The molecule has 3 aromatic rings. The van der Waals surface area contributed by atoms with E-state index in [2.05, 4.69) is 22.3 Å². The fourth-order valence-electron chi connectivity index (χ4n) is 4.02. The van der Waals surface area contributed by atoms with Crippen molar-refractivity contribution in [3.8, 4) is 11.5 Å². The summed E-state index contributed by atoms with van der Waals surface area (Å²) in [6, 6.07) is 17.5. The topological polar surface area (TPSA) is 33.7 Å². The van der Waals surface area contributed by atoms with Crippen molar-refractivity contribution in [3.63, 3.8) is 0 Å². The van der Waals surface area contributed by atoms with Crippen molar-refractivity contribution in [2.75, 3.05) is 30.4 Å². The van der Waals surface area contributed by atoms with Crippen molar-refractivity contribution >= 4 is 46.2 Å². The lowest BCUT2D eigenvalue weighted by Gasteiger charge is -2.29. The van der Waals surface area contributed by atoms with Crippen molar-refractivity contribution < 1.29 is 9.47 Å². The van der Waals surface area contributed by atoms with E-state index in [9.17, 15) is 0 Å². The molecule has 0 saturated carbocycles. The van der Waals surface area contributed by atoms with Gasteiger partial charge in [0.1, 0.15) is 6.61 Å². The van der Waals surface area contributed by atoms with Crippen LogP contribution in [0.4, 0.5) is 11.4 Å². The fraction of sp³-hybridized carbons (Fsp3) is 0.308. The van der Waals surface area contributed by atoms with Crippen LogP contribution in [0.25, 0.3) is 0 Å². The van der Waals surface area contributed by atoms with Crippen LogP contribution in [0.2, 0.25) is 15.1 Å². The second kappa shape index (κ2) is 11.2. The van der Waals surface area contributed by atoms with Crippen molar-refractivity contribution in [2.24, 2.45) is 0 Å². The Kier molecular flexibility index (Phi) is 8.13. The predicted octanol–water partition coefficient (Wildman–Crippen LogP) is 7.84. The first-order chi connectivity index (χ1) is 16.0. The summed E-state index contributed by atoms with van der Waals surface area (Å²) >= 11 is 18.8. The molecule has 1 N–H and O–H groups in total. The molecule has 0 bridgehead atoms. The van der Waals surface area contributed by atoms with Gasteiger partial charge in [-0.2, -0.15) is 0 Å². The van der Waals surface area contributed by atoms with Gasteiger partial charge in [0.05, 0.1) is 27.9 Å². The second-order valence-corrected chi connectivity index (χ2v) is 9.27. The van der Waals surface area contributed by atoms with Crippen LogP contribution in [0.1, 0.15) is 30.4 Å². The van der Waals surface area contributed by atoms with Crippen LogP contribution in [0.15, 0.2) is 54.6 Å². The zero-order chi connectivity index (χ0) is 23.2. The molecule has 1 fully saturated rings. The van der Waals surface area contributed by atoms with Crippen LogP contribution in [-0.2, 0) is 13.2 Å². The lowest BCUT2D eigenvalue weighted by molar-refractivity contribution is 0.281. The Hall–Kier alpha value is -2.27. The number of ether oxygens (including phenoxy) is 2. The number of piperidine rings is 1. The van der Waals surface area contributed by atoms with Gasteiger partial charge in [-0.15, -0.1) is 0 Å². The highest BCUT2D eigenvalue weighted by Gasteiger charge is 2.15. The van der Waals surface area contributed by atoms with Gasteiger partial charge in [0, 0.05) is 30.9 Å². The summed E-state index contributed by atoms with van der Waals surface area (Å²) in [6.45, 7) is 3.04. The maximum atomic E-state index is 6.62. The number of nitrogens with one attached hydrogen (secondary N) is 1. The minimum Gasteiger partial charge on any atom is -0.493 e. The Morgan fingerprint density at radius 2 is 1.70 bits per heavy atom. The van der Waals surface area contributed by atoms with E-state index in [1.807, 2.05) is 36.4 Å². The zero-order valence-corrected chi connectivity index (χ0v) is 20.8. The number of nitrogens with zero attached hydrogens (tertiary/aromatic N) is 1. The lowest BCUT2D eigenvalue weighted by Crippen LogP contribution is -2.29. The molecule has 1 saturated heterocycles. The minimum atomic E-state index is 0.348. The molecule has 0 aromatic heterocycles. The number of hydrogen-bond acceptors (Lipinski definition) is 4. The fourth-order valence-corrected chi connectivity index (χ4v) is 4.64. The van der Waals surface area contributed by atoms with Crippen LogP contribution in [0.5, 0.6) is 11.5 Å². The smallest absolute Gasteiger partial charge is 0.166 e. The molecule has 174 valence electrons. The number of halogens is 3. The molecule has 0 spiro atoms. The van der Waals surface area contributed by atoms with E-state index in [0.29, 0.717) is 34.7 Å². The molecule has 1 aliphatic heterocycles. The Balaban J connectivity index is 1.46. The summed E-state index contributed by atoms with van der Waals surface area (Å²) in [4.78, 5) is 2.37. The third-order valence-corrected chi connectivity index (χ3v) is 6.82. The van der Waals surface area contributed by atoms with E-state index in [1.54, 1.807) is 13.2 Å². The summed E-state index contributed by atoms with van der Waals surface area (Å²) in [5.74, 6) is 1.36. The summed E-state index contributed by atoms with van der Waals surface area (Å²) in [5, 5.41) is 5.25. The summed E-state index contributed by atoms with van der Waals surface area (Å²) in [6.07, 6.45) is 3.73. The van der Waals surface area contributed by atoms with E-state index in [-0.39, 0.29) is 0 Å². The molecule has 1 aliphatic rings. The third kappa shape index (κ3) is 6.00. The number of hydrogen-bond donors (Lipinski definition) is 1. The van der Waals surface area contributed by atoms with E-state index >= 15 is 0 Å². The average molecular weight is 506 g/mol. The van der Waals surface area contributed by atoms with Crippen molar-refractivity contribution in [2.45, 2.75) is 32.4 Å². The van der Waals surface area contributed by atoms with Crippen molar-refractivity contribution in [3.05, 3.63) is 80.8 Å². The van der Waals surface area contributed by atoms with Gasteiger partial charge >= 0.3 is 0 Å². The molecule has 0 amide bonds. The van der Waals surface area contributed by atoms with Crippen LogP contribution >= 0.6 is 34.8 Å². The summed E-state index contributed by atoms with van der Waals surface area (Å²) < 4.78 is 11.7. The first kappa shape index (κ1) is 23.9. The summed E-state index contributed by atoms with van der Waals surface area (Å²) in [7, 11) is 1.64. The molecule has 3 aromatic carbocycles. The maximum Gasteiger partial charge on any atom is 0.166 e. The minimum absolute atomic E-state index is 0.348. The second-order valence-electron chi connectivity index (χ2n) is 8.05. The molecule has 0 aliphatic carbocycles. The largest absolute Gasteiger partial charge is 0.493 e.